The maximum absolute atomic E-state index is 9.54. The van der Waals surface area contributed by atoms with E-state index in [0.29, 0.717) is 5.58 Å². The molecule has 2 heterocycles. The van der Waals surface area contributed by atoms with Gasteiger partial charge in [0.2, 0.25) is 5.58 Å². The summed E-state index contributed by atoms with van der Waals surface area (Å²) in [5.41, 5.74) is 0.961. The molecule has 0 unspecified atom stereocenters. The standard InChI is InChI=1S/C10H11NO3/c1-5(2)7-6-3-4-13-9(11)8(6)14-10(7)12/h3-5,11-12H,1-2H3. The summed E-state index contributed by atoms with van der Waals surface area (Å²) in [5.74, 6) is 0.0305. The smallest absolute Gasteiger partial charge is 0.286 e. The highest BCUT2D eigenvalue weighted by Crippen LogP contribution is 2.34. The van der Waals surface area contributed by atoms with Crippen LogP contribution < -0.4 is 5.55 Å². The first-order chi connectivity index (χ1) is 6.61. The van der Waals surface area contributed by atoms with Crippen molar-refractivity contribution in [2.24, 2.45) is 0 Å². The van der Waals surface area contributed by atoms with E-state index in [1.54, 1.807) is 6.07 Å². The summed E-state index contributed by atoms with van der Waals surface area (Å²) in [7, 11) is 0. The quantitative estimate of drug-likeness (QED) is 0.730. The molecule has 4 heteroatoms. The predicted molar refractivity (Wildman–Crippen MR) is 50.1 cm³/mol. The van der Waals surface area contributed by atoms with Crippen LogP contribution in [0.5, 0.6) is 5.95 Å². The van der Waals surface area contributed by atoms with E-state index in [1.807, 2.05) is 13.8 Å². The molecule has 0 aliphatic heterocycles. The molecule has 0 saturated heterocycles. The Balaban J connectivity index is 2.91. The van der Waals surface area contributed by atoms with Gasteiger partial charge in [-0.3, -0.25) is 5.41 Å². The molecule has 2 aromatic rings. The molecule has 0 bridgehead atoms. The second-order valence-corrected chi connectivity index (χ2v) is 3.47. The van der Waals surface area contributed by atoms with Crippen molar-refractivity contribution in [2.45, 2.75) is 19.8 Å². The first-order valence-electron chi connectivity index (χ1n) is 4.39. The Kier molecular flexibility index (Phi) is 1.84. The average molecular weight is 193 g/mol. The lowest BCUT2D eigenvalue weighted by atomic mass is 10.0. The van der Waals surface area contributed by atoms with E-state index in [9.17, 15) is 5.11 Å². The molecular formula is C10H11NO3. The minimum Gasteiger partial charge on any atom is -0.480 e. The van der Waals surface area contributed by atoms with Crippen molar-refractivity contribution in [3.63, 3.8) is 0 Å². The minimum atomic E-state index is -0.120. The number of fused-ring (bicyclic) bond motifs is 1. The molecular weight excluding hydrogens is 182 g/mol. The third-order valence-electron chi connectivity index (χ3n) is 2.17. The van der Waals surface area contributed by atoms with Gasteiger partial charge in [0, 0.05) is 10.9 Å². The zero-order valence-electron chi connectivity index (χ0n) is 8.00. The van der Waals surface area contributed by atoms with Gasteiger partial charge in [0.15, 0.2) is 0 Å². The number of hydrogen-bond donors (Lipinski definition) is 2. The highest BCUT2D eigenvalue weighted by Gasteiger charge is 2.17. The van der Waals surface area contributed by atoms with Crippen molar-refractivity contribution in [3.8, 4) is 5.95 Å². The van der Waals surface area contributed by atoms with Gasteiger partial charge in [0.05, 0.1) is 6.26 Å². The van der Waals surface area contributed by atoms with Gasteiger partial charge < -0.3 is 13.9 Å². The van der Waals surface area contributed by atoms with Crippen LogP contribution in [0.4, 0.5) is 0 Å². The van der Waals surface area contributed by atoms with Gasteiger partial charge in [-0.05, 0) is 12.0 Å². The van der Waals surface area contributed by atoms with Gasteiger partial charge in [-0.1, -0.05) is 13.8 Å². The normalized spacial score (nSPS) is 11.4. The Labute approximate surface area is 80.3 Å². The van der Waals surface area contributed by atoms with Crippen LogP contribution in [0.3, 0.4) is 0 Å². The molecule has 4 nitrogen and oxygen atoms in total. The first-order valence-corrected chi connectivity index (χ1v) is 4.39. The topological polar surface area (TPSA) is 70.4 Å². The molecule has 0 fully saturated rings. The first kappa shape index (κ1) is 8.87. The van der Waals surface area contributed by atoms with Crippen molar-refractivity contribution >= 4 is 11.0 Å². The monoisotopic (exact) mass is 193 g/mol. The third-order valence-corrected chi connectivity index (χ3v) is 2.17. The molecule has 0 aliphatic rings. The zero-order valence-corrected chi connectivity index (χ0v) is 8.00. The van der Waals surface area contributed by atoms with Gasteiger partial charge in [-0.25, -0.2) is 0 Å². The van der Waals surface area contributed by atoms with E-state index >= 15 is 0 Å². The van der Waals surface area contributed by atoms with Crippen molar-refractivity contribution < 1.29 is 13.9 Å². The van der Waals surface area contributed by atoms with Crippen LogP contribution in [-0.2, 0) is 0 Å². The number of nitrogens with one attached hydrogen (secondary N) is 1. The molecule has 0 amide bonds. The largest absolute Gasteiger partial charge is 0.480 e. The summed E-state index contributed by atoms with van der Waals surface area (Å²) in [4.78, 5) is 0. The zero-order chi connectivity index (χ0) is 10.3. The van der Waals surface area contributed by atoms with Crippen LogP contribution in [-0.4, -0.2) is 5.11 Å². The Bertz CT molecular complexity index is 522. The van der Waals surface area contributed by atoms with Crippen molar-refractivity contribution in [2.75, 3.05) is 0 Å². The lowest BCUT2D eigenvalue weighted by Crippen LogP contribution is -1.96. The molecule has 74 valence electrons. The van der Waals surface area contributed by atoms with Gasteiger partial charge >= 0.3 is 0 Å². The molecule has 2 N–H and O–H groups in total. The SMILES string of the molecule is CC(C)c1c(O)oc2c(=N)occc12. The van der Waals surface area contributed by atoms with E-state index in [4.69, 9.17) is 14.2 Å². The Morgan fingerprint density at radius 1 is 1.43 bits per heavy atom. The molecule has 2 aromatic heterocycles. The summed E-state index contributed by atoms with van der Waals surface area (Å²) in [5, 5.41) is 17.7. The second-order valence-electron chi connectivity index (χ2n) is 3.47. The van der Waals surface area contributed by atoms with Gasteiger partial charge in [-0.2, -0.15) is 0 Å². The third kappa shape index (κ3) is 1.11. The number of aromatic hydroxyl groups is 1. The number of hydrogen-bond acceptors (Lipinski definition) is 4. The van der Waals surface area contributed by atoms with E-state index in [-0.39, 0.29) is 17.4 Å². The van der Waals surface area contributed by atoms with Crippen LogP contribution in [0.25, 0.3) is 11.0 Å². The molecule has 0 radical (unpaired) electrons. The van der Waals surface area contributed by atoms with Crippen molar-refractivity contribution in [3.05, 3.63) is 23.4 Å². The fourth-order valence-corrected chi connectivity index (χ4v) is 1.56. The second kappa shape index (κ2) is 2.90. The fourth-order valence-electron chi connectivity index (χ4n) is 1.56. The van der Waals surface area contributed by atoms with Crippen molar-refractivity contribution in [1.82, 2.24) is 0 Å². The molecule has 0 spiro atoms. The molecule has 2 rings (SSSR count). The molecule has 0 aliphatic carbocycles. The summed E-state index contributed by atoms with van der Waals surface area (Å²) >= 11 is 0. The Hall–Kier alpha value is -1.71. The highest BCUT2D eigenvalue weighted by atomic mass is 16.5. The average Bonchev–Trinajstić information content (AvgIpc) is 2.42. The predicted octanol–water partition coefficient (Wildman–Crippen LogP) is 2.33. The maximum Gasteiger partial charge on any atom is 0.286 e. The van der Waals surface area contributed by atoms with E-state index in [1.165, 1.54) is 6.26 Å². The molecule has 14 heavy (non-hydrogen) atoms. The lowest BCUT2D eigenvalue weighted by molar-refractivity contribution is 0.334. The number of furan rings is 1. The summed E-state index contributed by atoms with van der Waals surface area (Å²) in [6.45, 7) is 3.91. The minimum absolute atomic E-state index is 0.0651. The van der Waals surface area contributed by atoms with Crippen LogP contribution >= 0.6 is 0 Å². The van der Waals surface area contributed by atoms with Crippen LogP contribution in [0.15, 0.2) is 21.2 Å². The highest BCUT2D eigenvalue weighted by molar-refractivity contribution is 5.82. The molecule has 0 aromatic carbocycles. The van der Waals surface area contributed by atoms with Gasteiger partial charge in [0.1, 0.15) is 0 Å². The number of rotatable bonds is 1. The van der Waals surface area contributed by atoms with E-state index in [0.717, 1.165) is 10.9 Å². The summed E-state index contributed by atoms with van der Waals surface area (Å²) < 4.78 is 9.92. The van der Waals surface area contributed by atoms with Crippen LogP contribution in [0.1, 0.15) is 25.3 Å². The van der Waals surface area contributed by atoms with Crippen molar-refractivity contribution in [1.29, 1.82) is 5.41 Å². The fraction of sp³-hybridized carbons (Fsp3) is 0.300. The molecule has 0 saturated carbocycles. The van der Waals surface area contributed by atoms with Crippen LogP contribution in [0.2, 0.25) is 0 Å². The van der Waals surface area contributed by atoms with Crippen LogP contribution in [0, 0.1) is 5.41 Å². The van der Waals surface area contributed by atoms with Gasteiger partial charge in [0.25, 0.3) is 11.5 Å². The van der Waals surface area contributed by atoms with E-state index in [2.05, 4.69) is 0 Å². The lowest BCUT2D eigenvalue weighted by Gasteiger charge is -2.00. The van der Waals surface area contributed by atoms with E-state index < -0.39 is 0 Å². The molecule has 0 atom stereocenters. The maximum atomic E-state index is 9.54. The Morgan fingerprint density at radius 2 is 2.14 bits per heavy atom. The summed E-state index contributed by atoms with van der Waals surface area (Å²) in [6, 6.07) is 1.70. The Morgan fingerprint density at radius 3 is 2.79 bits per heavy atom. The summed E-state index contributed by atoms with van der Waals surface area (Å²) in [6.07, 6.45) is 1.42. The van der Waals surface area contributed by atoms with Gasteiger partial charge in [-0.15, -0.1) is 0 Å².